The van der Waals surface area contributed by atoms with E-state index in [1.165, 1.54) is 57.8 Å². The number of hydrogen-bond acceptors (Lipinski definition) is 8. The smallest absolute Gasteiger partial charge is 0.462 e. The Labute approximate surface area is 384 Å². The number of aliphatic hydroxyl groups excluding tert-OH is 1. The van der Waals surface area contributed by atoms with Gasteiger partial charge in [0.15, 0.2) is 6.10 Å². The lowest BCUT2D eigenvalue weighted by atomic mass is 10.1. The molecule has 360 valence electrons. The molecule has 0 spiro atoms. The van der Waals surface area contributed by atoms with Crippen LogP contribution in [0.1, 0.15) is 162 Å². The Morgan fingerprint density at radius 3 is 1.65 bits per heavy atom. The average molecular weight is 903 g/mol. The molecule has 0 amide bonds. The van der Waals surface area contributed by atoms with Gasteiger partial charge in [0.2, 0.25) is 0 Å². The van der Waals surface area contributed by atoms with Crippen molar-refractivity contribution in [2.75, 3.05) is 47.5 Å². The van der Waals surface area contributed by atoms with E-state index in [4.69, 9.17) is 18.5 Å². The zero-order chi connectivity index (χ0) is 46.5. The fourth-order valence-electron chi connectivity index (χ4n) is 5.92. The molecule has 0 aromatic heterocycles. The molecule has 11 heteroatoms. The number of quaternary nitrogens is 1. The summed E-state index contributed by atoms with van der Waals surface area (Å²) >= 11 is 0. The number of carbonyl (C=O) groups excluding carboxylic acids is 2. The van der Waals surface area contributed by atoms with Crippen LogP contribution < -0.4 is 0 Å². The molecule has 0 bridgehead atoms. The quantitative estimate of drug-likeness (QED) is 0.0154. The minimum Gasteiger partial charge on any atom is -0.462 e. The van der Waals surface area contributed by atoms with Crippen LogP contribution in [-0.4, -0.2) is 86.1 Å². The van der Waals surface area contributed by atoms with Gasteiger partial charge in [-0.1, -0.05) is 169 Å². The number of hydrogen-bond donors (Lipinski definition) is 2. The van der Waals surface area contributed by atoms with Gasteiger partial charge in [-0.2, -0.15) is 0 Å². The molecule has 0 saturated heterocycles. The molecule has 0 aliphatic rings. The van der Waals surface area contributed by atoms with Crippen LogP contribution >= 0.6 is 7.82 Å². The maximum atomic E-state index is 12.7. The largest absolute Gasteiger partial charge is 0.472 e. The van der Waals surface area contributed by atoms with Crippen molar-refractivity contribution in [3.05, 3.63) is 97.2 Å². The molecule has 63 heavy (non-hydrogen) atoms. The second-order valence-corrected chi connectivity index (χ2v) is 18.4. The van der Waals surface area contributed by atoms with E-state index in [0.717, 1.165) is 64.2 Å². The highest BCUT2D eigenvalue weighted by Crippen LogP contribution is 2.43. The SMILES string of the molecule is CC/C=C\C/C=C\C/C=C\C/C=C\C/C=C\C=C/C(O)CCC(=O)O[C@H](COC(=O)CCCCCCCCCCC/C=C\C/C=C\CCCCC)COP(=O)(O)OCC[N+](C)(C)C. The van der Waals surface area contributed by atoms with Gasteiger partial charge >= 0.3 is 19.8 Å². The monoisotopic (exact) mass is 903 g/mol. The van der Waals surface area contributed by atoms with E-state index in [-0.39, 0.29) is 32.5 Å². The molecule has 0 heterocycles. The van der Waals surface area contributed by atoms with Gasteiger partial charge in [-0.3, -0.25) is 18.6 Å². The number of aliphatic hydroxyl groups is 1. The fourth-order valence-corrected chi connectivity index (χ4v) is 6.66. The number of likely N-dealkylation sites (N-methyl/N-ethyl adjacent to an activating group) is 1. The summed E-state index contributed by atoms with van der Waals surface area (Å²) in [7, 11) is 1.32. The summed E-state index contributed by atoms with van der Waals surface area (Å²) in [5.74, 6) is -1.09. The fraction of sp³-hybridized carbons (Fsp3) is 0.654. The van der Waals surface area contributed by atoms with E-state index in [1.807, 2.05) is 33.3 Å². The normalized spacial score (nSPS) is 14.8. The number of phosphoric ester groups is 1. The van der Waals surface area contributed by atoms with Crippen molar-refractivity contribution < 1.29 is 47.2 Å². The minimum absolute atomic E-state index is 0.0165. The number of rotatable bonds is 42. The highest BCUT2D eigenvalue weighted by Gasteiger charge is 2.27. The zero-order valence-electron chi connectivity index (χ0n) is 40.1. The second kappa shape index (κ2) is 42.8. The molecule has 0 aliphatic heterocycles. The van der Waals surface area contributed by atoms with Crippen LogP contribution in [0, 0.1) is 0 Å². The third-order valence-corrected chi connectivity index (χ3v) is 10.7. The third-order valence-electron chi connectivity index (χ3n) is 9.72. The van der Waals surface area contributed by atoms with Crippen LogP contribution in [0.2, 0.25) is 0 Å². The first-order valence-corrected chi connectivity index (χ1v) is 25.6. The lowest BCUT2D eigenvalue weighted by Gasteiger charge is -2.24. The van der Waals surface area contributed by atoms with Crippen LogP contribution in [0.15, 0.2) is 97.2 Å². The lowest BCUT2D eigenvalue weighted by molar-refractivity contribution is -0.870. The maximum absolute atomic E-state index is 12.7. The van der Waals surface area contributed by atoms with Crippen molar-refractivity contribution >= 4 is 19.8 Å². The first-order valence-electron chi connectivity index (χ1n) is 24.1. The molecular weight excluding hydrogens is 814 g/mol. The number of ether oxygens (including phenoxy) is 2. The number of nitrogens with zero attached hydrogens (tertiary/aromatic N) is 1. The molecule has 0 rings (SSSR count). The van der Waals surface area contributed by atoms with Gasteiger partial charge < -0.3 is 24.0 Å². The van der Waals surface area contributed by atoms with Crippen LogP contribution in [0.25, 0.3) is 0 Å². The number of phosphoric acid groups is 1. The molecule has 0 radical (unpaired) electrons. The Hall–Kier alpha value is -3.11. The highest BCUT2D eigenvalue weighted by atomic mass is 31.2. The number of allylic oxidation sites excluding steroid dienone is 15. The van der Waals surface area contributed by atoms with Gasteiger partial charge in [0.1, 0.15) is 19.8 Å². The maximum Gasteiger partial charge on any atom is 0.472 e. The zero-order valence-corrected chi connectivity index (χ0v) is 41.0. The van der Waals surface area contributed by atoms with E-state index < -0.39 is 38.6 Å². The molecule has 3 atom stereocenters. The predicted octanol–water partition coefficient (Wildman–Crippen LogP) is 13.1. The topological polar surface area (TPSA) is 129 Å². The second-order valence-electron chi connectivity index (χ2n) is 17.0. The number of unbranched alkanes of at least 4 members (excludes halogenated alkanes) is 12. The van der Waals surface area contributed by atoms with Crippen LogP contribution in [0.4, 0.5) is 0 Å². The summed E-state index contributed by atoms with van der Waals surface area (Å²) in [4.78, 5) is 35.5. The molecule has 0 aliphatic carbocycles. The number of carbonyl (C=O) groups is 2. The van der Waals surface area contributed by atoms with E-state index in [1.54, 1.807) is 12.2 Å². The van der Waals surface area contributed by atoms with E-state index in [2.05, 4.69) is 86.8 Å². The predicted molar refractivity (Wildman–Crippen MR) is 262 cm³/mol. The Balaban J connectivity index is 4.54. The molecule has 0 aromatic carbocycles. The molecular formula is C52H89NO9P+. The molecule has 10 nitrogen and oxygen atoms in total. The van der Waals surface area contributed by atoms with Crippen LogP contribution in [-0.2, 0) is 32.7 Å². The molecule has 2 N–H and O–H groups in total. The van der Waals surface area contributed by atoms with Crippen molar-refractivity contribution in [3.8, 4) is 0 Å². The first kappa shape index (κ1) is 59.9. The average Bonchev–Trinajstić information content (AvgIpc) is 3.24. The Morgan fingerprint density at radius 1 is 0.587 bits per heavy atom. The Morgan fingerprint density at radius 2 is 1.10 bits per heavy atom. The molecule has 0 aromatic rings. The number of esters is 2. The van der Waals surface area contributed by atoms with E-state index in [9.17, 15) is 24.2 Å². The minimum atomic E-state index is -4.45. The van der Waals surface area contributed by atoms with Gasteiger partial charge in [-0.05, 0) is 77.0 Å². The molecule has 0 saturated carbocycles. The van der Waals surface area contributed by atoms with Crippen molar-refractivity contribution in [3.63, 3.8) is 0 Å². The van der Waals surface area contributed by atoms with Gasteiger partial charge in [0, 0.05) is 12.8 Å². The Bertz CT molecular complexity index is 1410. The summed E-state index contributed by atoms with van der Waals surface area (Å²) in [6.07, 6.45) is 53.6. The summed E-state index contributed by atoms with van der Waals surface area (Å²) < 4.78 is 34.2. The molecule has 0 fully saturated rings. The van der Waals surface area contributed by atoms with Crippen molar-refractivity contribution in [2.24, 2.45) is 0 Å². The Kier molecular flexibility index (Phi) is 40.7. The highest BCUT2D eigenvalue weighted by molar-refractivity contribution is 7.47. The first-order chi connectivity index (χ1) is 30.4. The van der Waals surface area contributed by atoms with Crippen molar-refractivity contribution in [1.82, 2.24) is 0 Å². The van der Waals surface area contributed by atoms with Gasteiger partial charge in [-0.25, -0.2) is 4.57 Å². The van der Waals surface area contributed by atoms with Crippen LogP contribution in [0.5, 0.6) is 0 Å². The summed E-state index contributed by atoms with van der Waals surface area (Å²) in [6, 6.07) is 0. The van der Waals surface area contributed by atoms with Gasteiger partial charge in [-0.15, -0.1) is 0 Å². The van der Waals surface area contributed by atoms with E-state index >= 15 is 0 Å². The van der Waals surface area contributed by atoms with Crippen LogP contribution in [0.3, 0.4) is 0 Å². The lowest BCUT2D eigenvalue weighted by Crippen LogP contribution is -2.37. The van der Waals surface area contributed by atoms with E-state index in [0.29, 0.717) is 17.4 Å². The summed E-state index contributed by atoms with van der Waals surface area (Å²) in [6.45, 7) is 3.98. The van der Waals surface area contributed by atoms with Crippen molar-refractivity contribution in [1.29, 1.82) is 0 Å². The van der Waals surface area contributed by atoms with Gasteiger partial charge in [0.25, 0.3) is 0 Å². The third kappa shape index (κ3) is 46.7. The summed E-state index contributed by atoms with van der Waals surface area (Å²) in [5.41, 5.74) is 0. The van der Waals surface area contributed by atoms with Crippen molar-refractivity contribution in [2.45, 2.75) is 174 Å². The summed E-state index contributed by atoms with van der Waals surface area (Å²) in [5, 5.41) is 10.4. The standard InChI is InChI=1S/C52H88NO9P/c1-6-8-10-12-14-16-18-20-22-24-25-26-28-30-32-34-36-38-40-42-51(55)59-47-50(48-61-63(57,58)60-46-45-53(3,4)5)62-52(56)44-43-49(54)41-39-37-35-33-31-29-27-23-21-19-17-15-13-11-9-7-2/h9,11,14-17,20-23,29,31,35,37,39,41,49-50,54H,6-8,10,12-13,18-19,24-28,30,32-34,36,38,40,42-48H2,1-5H3/p+1/b11-9-,16-14-,17-15-,22-20-,23-21-,31-29-,37-35-,41-39-/t49?,50-/m1/s1. The van der Waals surface area contributed by atoms with Gasteiger partial charge in [0.05, 0.1) is 33.9 Å². The molecule has 2 unspecified atom stereocenters.